The normalized spacial score (nSPS) is 14.0. The summed E-state index contributed by atoms with van der Waals surface area (Å²) in [7, 11) is 0. The van der Waals surface area contributed by atoms with Gasteiger partial charge >= 0.3 is 0 Å². The Morgan fingerprint density at radius 2 is 2.09 bits per heavy atom. The summed E-state index contributed by atoms with van der Waals surface area (Å²) in [4.78, 5) is 0. The van der Waals surface area contributed by atoms with Crippen molar-refractivity contribution in [1.29, 1.82) is 0 Å². The van der Waals surface area contributed by atoms with Crippen molar-refractivity contribution in [3.05, 3.63) is 0 Å². The highest BCUT2D eigenvalue weighted by atomic mass is 16.3. The summed E-state index contributed by atoms with van der Waals surface area (Å²) in [6, 6.07) is 0. The SMILES string of the molecule is C#CC(C)CCC(O)C#CC. The van der Waals surface area contributed by atoms with Crippen LogP contribution in [-0.2, 0) is 0 Å². The first-order chi connectivity index (χ1) is 5.20. The number of hydrogen-bond acceptors (Lipinski definition) is 1. The molecule has 0 fully saturated rings. The van der Waals surface area contributed by atoms with E-state index < -0.39 is 6.10 Å². The van der Waals surface area contributed by atoms with E-state index in [1.54, 1.807) is 6.92 Å². The quantitative estimate of drug-likeness (QED) is 0.603. The molecular formula is C10H14O. The van der Waals surface area contributed by atoms with Gasteiger partial charge in [-0.05, 0) is 19.8 Å². The smallest absolute Gasteiger partial charge is 0.114 e. The van der Waals surface area contributed by atoms with Gasteiger partial charge in [0.1, 0.15) is 6.10 Å². The molecule has 11 heavy (non-hydrogen) atoms. The molecule has 0 radical (unpaired) electrons. The van der Waals surface area contributed by atoms with E-state index in [1.807, 2.05) is 6.92 Å². The van der Waals surface area contributed by atoms with Gasteiger partial charge in [-0.25, -0.2) is 0 Å². The summed E-state index contributed by atoms with van der Waals surface area (Å²) in [5.41, 5.74) is 0. The van der Waals surface area contributed by atoms with Crippen LogP contribution in [0.4, 0.5) is 0 Å². The van der Waals surface area contributed by atoms with Crippen LogP contribution in [0.2, 0.25) is 0 Å². The largest absolute Gasteiger partial charge is 0.380 e. The fraction of sp³-hybridized carbons (Fsp3) is 0.600. The van der Waals surface area contributed by atoms with E-state index in [-0.39, 0.29) is 5.92 Å². The van der Waals surface area contributed by atoms with Gasteiger partial charge in [-0.3, -0.25) is 0 Å². The summed E-state index contributed by atoms with van der Waals surface area (Å²) in [5, 5.41) is 9.15. The van der Waals surface area contributed by atoms with E-state index in [0.29, 0.717) is 6.42 Å². The summed E-state index contributed by atoms with van der Waals surface area (Å²) in [6.07, 6.45) is 6.17. The van der Waals surface area contributed by atoms with Crippen LogP contribution in [0.5, 0.6) is 0 Å². The minimum absolute atomic E-state index is 0.239. The van der Waals surface area contributed by atoms with Gasteiger partial charge in [0.15, 0.2) is 0 Å². The monoisotopic (exact) mass is 150 g/mol. The second-order valence-corrected chi connectivity index (χ2v) is 2.56. The predicted molar refractivity (Wildman–Crippen MR) is 46.7 cm³/mol. The highest BCUT2D eigenvalue weighted by Crippen LogP contribution is 2.05. The molecule has 60 valence electrons. The van der Waals surface area contributed by atoms with E-state index in [4.69, 9.17) is 11.5 Å². The lowest BCUT2D eigenvalue weighted by Gasteiger charge is -2.04. The molecule has 2 atom stereocenters. The molecule has 0 heterocycles. The zero-order chi connectivity index (χ0) is 8.69. The molecule has 0 saturated carbocycles. The van der Waals surface area contributed by atoms with Crippen molar-refractivity contribution >= 4 is 0 Å². The lowest BCUT2D eigenvalue weighted by atomic mass is 10.0. The lowest BCUT2D eigenvalue weighted by molar-refractivity contribution is 0.215. The number of hydrogen-bond donors (Lipinski definition) is 1. The van der Waals surface area contributed by atoms with Gasteiger partial charge in [0.05, 0.1) is 0 Å². The Bertz CT molecular complexity index is 189. The summed E-state index contributed by atoms with van der Waals surface area (Å²) in [6.45, 7) is 3.68. The number of aliphatic hydroxyl groups excluding tert-OH is 1. The molecule has 1 nitrogen and oxygen atoms in total. The average molecular weight is 150 g/mol. The van der Waals surface area contributed by atoms with Gasteiger partial charge in [-0.1, -0.05) is 12.8 Å². The highest BCUT2D eigenvalue weighted by Gasteiger charge is 2.01. The molecule has 0 aliphatic rings. The van der Waals surface area contributed by atoms with Crippen molar-refractivity contribution in [2.75, 3.05) is 0 Å². The summed E-state index contributed by atoms with van der Waals surface area (Å²) < 4.78 is 0. The minimum atomic E-state index is -0.504. The van der Waals surface area contributed by atoms with Crippen LogP contribution >= 0.6 is 0 Å². The Labute approximate surface area is 68.8 Å². The Balaban J connectivity index is 3.52. The molecule has 0 aliphatic carbocycles. The van der Waals surface area contributed by atoms with Gasteiger partial charge < -0.3 is 5.11 Å². The Hall–Kier alpha value is -0.920. The first kappa shape index (κ1) is 10.1. The van der Waals surface area contributed by atoms with Gasteiger partial charge in [0.25, 0.3) is 0 Å². The molecule has 0 aliphatic heterocycles. The molecule has 1 heteroatoms. The van der Waals surface area contributed by atoms with Gasteiger partial charge in [0.2, 0.25) is 0 Å². The zero-order valence-electron chi connectivity index (χ0n) is 7.09. The minimum Gasteiger partial charge on any atom is -0.380 e. The maximum atomic E-state index is 9.15. The van der Waals surface area contributed by atoms with E-state index in [1.165, 1.54) is 0 Å². The van der Waals surface area contributed by atoms with Crippen molar-refractivity contribution < 1.29 is 5.11 Å². The predicted octanol–water partition coefficient (Wildman–Crippen LogP) is 1.42. The number of terminal acetylenes is 1. The van der Waals surface area contributed by atoms with E-state index in [2.05, 4.69) is 17.8 Å². The second-order valence-electron chi connectivity index (χ2n) is 2.56. The molecular weight excluding hydrogens is 136 g/mol. The van der Waals surface area contributed by atoms with Gasteiger partial charge in [-0.15, -0.1) is 18.3 Å². The highest BCUT2D eigenvalue weighted by molar-refractivity contribution is 5.02. The van der Waals surface area contributed by atoms with Crippen molar-refractivity contribution in [1.82, 2.24) is 0 Å². The van der Waals surface area contributed by atoms with Crippen LogP contribution in [0.15, 0.2) is 0 Å². The van der Waals surface area contributed by atoms with Crippen LogP contribution < -0.4 is 0 Å². The van der Waals surface area contributed by atoms with Gasteiger partial charge in [0, 0.05) is 5.92 Å². The zero-order valence-corrected chi connectivity index (χ0v) is 7.09. The van der Waals surface area contributed by atoms with Crippen LogP contribution in [0.25, 0.3) is 0 Å². The first-order valence-electron chi connectivity index (χ1n) is 3.77. The van der Waals surface area contributed by atoms with Crippen molar-refractivity contribution in [2.45, 2.75) is 32.8 Å². The number of aliphatic hydroxyl groups is 1. The maximum absolute atomic E-state index is 9.15. The molecule has 2 unspecified atom stereocenters. The van der Waals surface area contributed by atoms with Crippen molar-refractivity contribution in [3.8, 4) is 24.2 Å². The van der Waals surface area contributed by atoms with Gasteiger partial charge in [-0.2, -0.15) is 0 Å². The molecule has 0 spiro atoms. The molecule has 0 rings (SSSR count). The fourth-order valence-electron chi connectivity index (χ4n) is 0.730. The van der Waals surface area contributed by atoms with E-state index >= 15 is 0 Å². The summed E-state index contributed by atoms with van der Waals surface area (Å²) in [5.74, 6) is 8.16. The van der Waals surface area contributed by atoms with Crippen molar-refractivity contribution in [3.63, 3.8) is 0 Å². The second kappa shape index (κ2) is 5.83. The maximum Gasteiger partial charge on any atom is 0.114 e. The van der Waals surface area contributed by atoms with Crippen LogP contribution in [0.1, 0.15) is 26.7 Å². The van der Waals surface area contributed by atoms with E-state index in [9.17, 15) is 0 Å². The average Bonchev–Trinajstić information content (AvgIpc) is 2.01. The fourth-order valence-corrected chi connectivity index (χ4v) is 0.730. The topological polar surface area (TPSA) is 20.2 Å². The van der Waals surface area contributed by atoms with Crippen LogP contribution in [0.3, 0.4) is 0 Å². The Kier molecular flexibility index (Phi) is 5.35. The molecule has 0 aromatic rings. The summed E-state index contributed by atoms with van der Waals surface area (Å²) >= 11 is 0. The van der Waals surface area contributed by atoms with E-state index in [0.717, 1.165) is 6.42 Å². The molecule has 0 aromatic heterocycles. The standard InChI is InChI=1S/C10H14O/c1-4-6-10(11)8-7-9(3)5-2/h2,9-11H,7-8H2,1,3H3. The molecule has 0 aromatic carbocycles. The third-order valence-corrected chi connectivity index (χ3v) is 1.47. The molecule has 0 amide bonds. The third kappa shape index (κ3) is 5.52. The first-order valence-corrected chi connectivity index (χ1v) is 3.77. The Morgan fingerprint density at radius 1 is 1.45 bits per heavy atom. The number of rotatable bonds is 3. The van der Waals surface area contributed by atoms with Crippen LogP contribution in [-0.4, -0.2) is 11.2 Å². The Morgan fingerprint density at radius 3 is 2.55 bits per heavy atom. The molecule has 1 N–H and O–H groups in total. The van der Waals surface area contributed by atoms with Crippen molar-refractivity contribution in [2.24, 2.45) is 5.92 Å². The van der Waals surface area contributed by atoms with Crippen LogP contribution in [0, 0.1) is 30.1 Å². The molecule has 0 saturated heterocycles. The lowest BCUT2D eigenvalue weighted by Crippen LogP contribution is -2.04. The third-order valence-electron chi connectivity index (χ3n) is 1.47. The molecule has 0 bridgehead atoms.